The molecule has 0 bridgehead atoms. The highest BCUT2D eigenvalue weighted by molar-refractivity contribution is 8.13. The average Bonchev–Trinajstić information content (AvgIpc) is 3.53. The van der Waals surface area contributed by atoms with E-state index < -0.39 is 36.3 Å². The van der Waals surface area contributed by atoms with Crippen molar-refractivity contribution in [2.24, 2.45) is 4.99 Å². The lowest BCUT2D eigenvalue weighted by Gasteiger charge is -2.21. The highest BCUT2D eigenvalue weighted by Gasteiger charge is 2.22. The first-order chi connectivity index (χ1) is 24.1. The first-order valence-electron chi connectivity index (χ1n) is 17.0. The van der Waals surface area contributed by atoms with E-state index in [9.17, 15) is 24.3 Å². The molecule has 0 aliphatic rings. The minimum Gasteiger partial charge on any atom is -0.497 e. The lowest BCUT2D eigenvalue weighted by Crippen LogP contribution is -2.45. The molecule has 0 fully saturated rings. The fourth-order valence-electron chi connectivity index (χ4n) is 3.77. The Bertz CT molecular complexity index is 1380. The molecular weight excluding hydrogens is 681 g/mol. The van der Waals surface area contributed by atoms with E-state index >= 15 is 0 Å². The van der Waals surface area contributed by atoms with Crippen LogP contribution in [-0.2, 0) is 19.2 Å². The summed E-state index contributed by atoms with van der Waals surface area (Å²) in [6.45, 7) is 14.8. The van der Waals surface area contributed by atoms with Gasteiger partial charge in [-0.2, -0.15) is 0 Å². The van der Waals surface area contributed by atoms with Crippen molar-refractivity contribution in [2.45, 2.75) is 100 Å². The molecule has 0 saturated carbocycles. The molecule has 0 radical (unpaired) electrons. The standard InChI is InChI=1S/C29H40N6O7S2.3C2H6/c1-5-9-20(13-12-19(2)36)30-28(43-4)32-25(38)17-35(27(40)11-8-6-7-10-24(37)34-41)18-26(39)33-29-31-22-15-14-21(42-3)16-23(22)44-29;3*1-2/h9,12-16,19,36,41H,5-8,10-11,17-18H2,1-4H3,(H,34,37)(H,30,32,38)(H,31,33,39);3*1-2H3/b13-12-,20-9+;;;. The largest absolute Gasteiger partial charge is 0.497 e. The number of methoxy groups -OCH3 is 1. The lowest BCUT2D eigenvalue weighted by molar-refractivity contribution is -0.138. The normalized spacial score (nSPS) is 11.5. The van der Waals surface area contributed by atoms with Gasteiger partial charge in [-0.15, -0.1) is 0 Å². The first kappa shape index (κ1) is 48.3. The van der Waals surface area contributed by atoms with Crippen molar-refractivity contribution >= 4 is 67.2 Å². The van der Waals surface area contributed by atoms with Crippen molar-refractivity contribution in [1.82, 2.24) is 20.7 Å². The summed E-state index contributed by atoms with van der Waals surface area (Å²) in [5.41, 5.74) is 2.80. The van der Waals surface area contributed by atoms with Crippen LogP contribution in [0.5, 0.6) is 5.75 Å². The van der Waals surface area contributed by atoms with Crippen molar-refractivity contribution < 1.29 is 34.2 Å². The number of thiazole rings is 1. The highest BCUT2D eigenvalue weighted by atomic mass is 32.2. The Balaban J connectivity index is 0. The van der Waals surface area contributed by atoms with E-state index in [4.69, 9.17) is 9.94 Å². The van der Waals surface area contributed by atoms with Crippen LogP contribution in [0.25, 0.3) is 10.2 Å². The van der Waals surface area contributed by atoms with Gasteiger partial charge in [0.2, 0.25) is 23.6 Å². The van der Waals surface area contributed by atoms with E-state index in [1.807, 2.05) is 54.5 Å². The van der Waals surface area contributed by atoms with Gasteiger partial charge in [0, 0.05) is 12.8 Å². The number of allylic oxidation sites excluding steroid dienone is 2. The molecule has 5 N–H and O–H groups in total. The first-order valence-corrected chi connectivity index (χ1v) is 19.1. The van der Waals surface area contributed by atoms with Crippen molar-refractivity contribution in [3.8, 4) is 5.75 Å². The van der Waals surface area contributed by atoms with Crippen LogP contribution in [0.4, 0.5) is 5.13 Å². The zero-order chi connectivity index (χ0) is 38.5. The minimum absolute atomic E-state index is 0.0548. The topological polar surface area (TPSA) is 183 Å². The lowest BCUT2D eigenvalue weighted by atomic mass is 10.1. The Hall–Kier alpha value is -3.79. The van der Waals surface area contributed by atoms with Crippen molar-refractivity contribution in [3.63, 3.8) is 0 Å². The van der Waals surface area contributed by atoms with Gasteiger partial charge in [-0.05, 0) is 56.7 Å². The number of hydrogen-bond donors (Lipinski definition) is 5. The number of aromatic nitrogens is 1. The Morgan fingerprint density at radius 2 is 1.66 bits per heavy atom. The van der Waals surface area contributed by atoms with E-state index in [1.165, 1.54) is 23.1 Å². The van der Waals surface area contributed by atoms with Gasteiger partial charge in [0.1, 0.15) is 18.8 Å². The molecule has 0 saturated heterocycles. The number of amides is 4. The monoisotopic (exact) mass is 738 g/mol. The quantitative estimate of drug-likeness (QED) is 0.0314. The SMILES string of the molecule is CC.CC.CC.CC/C=C(\C=C/C(C)O)N=C(NC(=O)CN(CC(=O)Nc1nc2ccc(OC)cc2s1)C(=O)CCCCCC(=O)NO)SC. The number of hydroxylamine groups is 1. The predicted octanol–water partition coefficient (Wildman–Crippen LogP) is 6.67. The number of fused-ring (bicyclic) bond motifs is 1. The Labute approximate surface area is 306 Å². The summed E-state index contributed by atoms with van der Waals surface area (Å²) in [4.78, 5) is 60.4. The highest BCUT2D eigenvalue weighted by Crippen LogP contribution is 2.29. The molecule has 1 aromatic carbocycles. The molecule has 1 atom stereocenters. The van der Waals surface area contributed by atoms with Crippen LogP contribution in [0, 0.1) is 0 Å². The second-order valence-electron chi connectivity index (χ2n) is 9.55. The second-order valence-corrected chi connectivity index (χ2v) is 11.4. The Kier molecular flexibility index (Phi) is 29.1. The summed E-state index contributed by atoms with van der Waals surface area (Å²) < 4.78 is 6.05. The number of unbranched alkanes of at least 4 members (excludes halogenated alkanes) is 2. The van der Waals surface area contributed by atoms with Gasteiger partial charge in [0.25, 0.3) is 0 Å². The fourth-order valence-corrected chi connectivity index (χ4v) is 5.10. The summed E-state index contributed by atoms with van der Waals surface area (Å²) in [6, 6.07) is 5.34. The van der Waals surface area contributed by atoms with Gasteiger partial charge in [0.05, 0.1) is 29.1 Å². The number of hydrogen-bond acceptors (Lipinski definition) is 11. The summed E-state index contributed by atoms with van der Waals surface area (Å²) >= 11 is 2.45. The molecule has 2 rings (SSSR count). The number of carbonyl (C=O) groups excluding carboxylic acids is 4. The van der Waals surface area contributed by atoms with Gasteiger partial charge >= 0.3 is 0 Å². The maximum atomic E-state index is 13.1. The number of aliphatic hydroxyl groups is 1. The smallest absolute Gasteiger partial charge is 0.245 e. The number of aliphatic hydroxyl groups excluding tert-OH is 1. The summed E-state index contributed by atoms with van der Waals surface area (Å²) in [5, 5.41) is 24.2. The number of carbonyl (C=O) groups is 4. The molecule has 15 heteroatoms. The molecule has 0 spiro atoms. The van der Waals surface area contributed by atoms with Crippen LogP contribution in [0.1, 0.15) is 93.9 Å². The number of ether oxygens (including phenoxy) is 1. The van der Waals surface area contributed by atoms with Crippen LogP contribution < -0.4 is 20.9 Å². The predicted molar refractivity (Wildman–Crippen MR) is 207 cm³/mol. The molecular formula is C35H58N6O7S2. The second kappa shape index (κ2) is 30.1. The number of nitrogens with one attached hydrogen (secondary N) is 3. The molecule has 1 heterocycles. The van der Waals surface area contributed by atoms with E-state index in [2.05, 4.69) is 20.6 Å². The Morgan fingerprint density at radius 1 is 1.02 bits per heavy atom. The van der Waals surface area contributed by atoms with Crippen LogP contribution in [0.2, 0.25) is 0 Å². The number of aliphatic imine (C=N–C) groups is 1. The van der Waals surface area contributed by atoms with E-state index in [-0.39, 0.29) is 24.6 Å². The zero-order valence-electron chi connectivity index (χ0n) is 31.3. The molecule has 13 nitrogen and oxygen atoms in total. The third-order valence-corrected chi connectivity index (χ3v) is 7.43. The number of thioether (sulfide) groups is 1. The van der Waals surface area contributed by atoms with Gasteiger partial charge < -0.3 is 25.4 Å². The van der Waals surface area contributed by atoms with Crippen molar-refractivity contribution in [2.75, 3.05) is 31.8 Å². The maximum Gasteiger partial charge on any atom is 0.245 e. The van der Waals surface area contributed by atoms with E-state index in [1.54, 1.807) is 56.1 Å². The number of amidine groups is 1. The molecule has 1 unspecified atom stereocenters. The molecule has 50 heavy (non-hydrogen) atoms. The minimum atomic E-state index is -0.666. The third-order valence-electron chi connectivity index (χ3n) is 5.91. The van der Waals surface area contributed by atoms with E-state index in [0.29, 0.717) is 47.8 Å². The summed E-state index contributed by atoms with van der Waals surface area (Å²) in [5.74, 6) is -1.33. The number of benzene rings is 1. The molecule has 282 valence electrons. The van der Waals surface area contributed by atoms with Crippen molar-refractivity contribution in [1.29, 1.82) is 0 Å². The van der Waals surface area contributed by atoms with Crippen LogP contribution in [0.15, 0.2) is 47.1 Å². The molecule has 0 aliphatic carbocycles. The van der Waals surface area contributed by atoms with Gasteiger partial charge in [0.15, 0.2) is 10.3 Å². The third kappa shape index (κ3) is 20.7. The van der Waals surface area contributed by atoms with Crippen molar-refractivity contribution in [3.05, 3.63) is 42.1 Å². The van der Waals surface area contributed by atoms with Gasteiger partial charge in [-0.3, -0.25) is 24.4 Å². The number of nitrogens with zero attached hydrogens (tertiary/aromatic N) is 3. The summed E-state index contributed by atoms with van der Waals surface area (Å²) in [6.07, 6.45) is 8.42. The molecule has 0 aliphatic heterocycles. The van der Waals surface area contributed by atoms with Gasteiger partial charge in [-0.25, -0.2) is 15.5 Å². The molecule has 1 aromatic heterocycles. The Morgan fingerprint density at radius 3 is 2.24 bits per heavy atom. The average molecular weight is 739 g/mol. The maximum absolute atomic E-state index is 13.1. The van der Waals surface area contributed by atoms with Crippen LogP contribution in [-0.4, -0.2) is 81.6 Å². The van der Waals surface area contributed by atoms with Gasteiger partial charge in [-0.1, -0.05) is 90.1 Å². The van der Waals surface area contributed by atoms with Crippen LogP contribution >= 0.6 is 23.1 Å². The number of rotatable bonds is 16. The van der Waals surface area contributed by atoms with Crippen LogP contribution in [0.3, 0.4) is 0 Å². The number of anilines is 1. The summed E-state index contributed by atoms with van der Waals surface area (Å²) in [7, 11) is 1.56. The molecule has 2 aromatic rings. The zero-order valence-corrected chi connectivity index (χ0v) is 32.9. The molecule has 4 amide bonds. The van der Waals surface area contributed by atoms with E-state index in [0.717, 1.165) is 9.60 Å². The fraction of sp³-hybridized carbons (Fsp3) is 0.543.